The van der Waals surface area contributed by atoms with Crippen molar-refractivity contribution in [2.45, 2.75) is 13.5 Å². The number of aryl methyl sites for hydroxylation is 1. The van der Waals surface area contributed by atoms with E-state index in [1.54, 1.807) is 25.3 Å². The van der Waals surface area contributed by atoms with E-state index in [1.165, 1.54) is 0 Å². The number of rotatable bonds is 5. The number of carbonyl (C=O) groups excluding carboxylic acids is 1. The van der Waals surface area contributed by atoms with Gasteiger partial charge in [-0.25, -0.2) is 4.98 Å². The fourth-order valence-corrected chi connectivity index (χ4v) is 3.07. The molecule has 142 valence electrons. The zero-order valence-electron chi connectivity index (χ0n) is 15.2. The predicted octanol–water partition coefficient (Wildman–Crippen LogP) is 4.12. The Morgan fingerprint density at radius 2 is 2.04 bits per heavy atom. The number of H-pyrrole nitrogens is 1. The number of fused-ring (bicyclic) bond motifs is 1. The molecule has 2 aromatic heterocycles. The van der Waals surface area contributed by atoms with E-state index >= 15 is 0 Å². The highest BCUT2D eigenvalue weighted by Gasteiger charge is 2.18. The molecule has 28 heavy (non-hydrogen) atoms. The van der Waals surface area contributed by atoms with Crippen LogP contribution in [0, 0.1) is 6.92 Å². The van der Waals surface area contributed by atoms with E-state index in [9.17, 15) is 4.79 Å². The van der Waals surface area contributed by atoms with Crippen LogP contribution in [0.4, 0.5) is 0 Å². The first-order valence-corrected chi connectivity index (χ1v) is 8.95. The van der Waals surface area contributed by atoms with Crippen molar-refractivity contribution >= 4 is 28.5 Å². The van der Waals surface area contributed by atoms with Crippen LogP contribution in [0.15, 0.2) is 46.9 Å². The third-order valence-corrected chi connectivity index (χ3v) is 4.64. The lowest BCUT2D eigenvalue weighted by molar-refractivity contribution is 0.0923. The number of carbonyl (C=O) groups is 1. The zero-order chi connectivity index (χ0) is 19.7. The molecule has 4 aromatic rings. The molecule has 1 amide bonds. The van der Waals surface area contributed by atoms with Gasteiger partial charge in [-0.15, -0.1) is 0 Å². The minimum Gasteiger partial charge on any atom is -0.497 e. The topological polar surface area (TPSA) is 93.0 Å². The van der Waals surface area contributed by atoms with Crippen molar-refractivity contribution < 1.29 is 13.9 Å². The Morgan fingerprint density at radius 3 is 2.79 bits per heavy atom. The summed E-state index contributed by atoms with van der Waals surface area (Å²) in [5.41, 5.74) is 2.21. The van der Waals surface area contributed by atoms with Gasteiger partial charge in [-0.3, -0.25) is 9.89 Å². The second-order valence-corrected chi connectivity index (χ2v) is 6.65. The van der Waals surface area contributed by atoms with Crippen LogP contribution < -0.4 is 10.1 Å². The van der Waals surface area contributed by atoms with Crippen molar-refractivity contribution in [3.63, 3.8) is 0 Å². The van der Waals surface area contributed by atoms with Crippen molar-refractivity contribution in [3.8, 4) is 17.1 Å². The molecule has 8 heteroatoms. The summed E-state index contributed by atoms with van der Waals surface area (Å²) in [6.45, 7) is 2.02. The van der Waals surface area contributed by atoms with Crippen molar-refractivity contribution in [2.75, 3.05) is 7.11 Å². The highest BCUT2D eigenvalue weighted by Crippen LogP contribution is 2.28. The summed E-state index contributed by atoms with van der Waals surface area (Å²) in [4.78, 5) is 16.9. The fourth-order valence-electron chi connectivity index (χ4n) is 2.90. The molecule has 0 saturated carbocycles. The number of nitrogens with one attached hydrogen (secondary N) is 2. The monoisotopic (exact) mass is 396 g/mol. The normalized spacial score (nSPS) is 11.0. The average molecular weight is 397 g/mol. The van der Waals surface area contributed by atoms with Crippen LogP contribution in [0.3, 0.4) is 0 Å². The third-order valence-electron chi connectivity index (χ3n) is 4.40. The van der Waals surface area contributed by atoms with Crippen LogP contribution in [0.25, 0.3) is 22.4 Å². The smallest absolute Gasteiger partial charge is 0.287 e. The Hall–Kier alpha value is -3.32. The first-order chi connectivity index (χ1) is 13.5. The third kappa shape index (κ3) is 3.44. The number of amides is 1. The van der Waals surface area contributed by atoms with Gasteiger partial charge in [0.05, 0.1) is 13.7 Å². The van der Waals surface area contributed by atoms with Crippen molar-refractivity contribution in [1.82, 2.24) is 20.5 Å². The van der Waals surface area contributed by atoms with Gasteiger partial charge >= 0.3 is 0 Å². The molecule has 2 heterocycles. The number of ether oxygens (including phenoxy) is 1. The lowest BCUT2D eigenvalue weighted by Gasteiger charge is -2.01. The van der Waals surface area contributed by atoms with Crippen LogP contribution in [0.2, 0.25) is 5.02 Å². The molecule has 7 nitrogen and oxygen atoms in total. The summed E-state index contributed by atoms with van der Waals surface area (Å²) in [6.07, 6.45) is 0. The number of aromatic amines is 1. The summed E-state index contributed by atoms with van der Waals surface area (Å²) >= 11 is 6.02. The number of halogens is 1. The fraction of sp³-hybridized carbons (Fsp3) is 0.150. The van der Waals surface area contributed by atoms with Gasteiger partial charge in [-0.2, -0.15) is 5.10 Å². The van der Waals surface area contributed by atoms with Crippen molar-refractivity contribution in [3.05, 3.63) is 64.6 Å². The average Bonchev–Trinajstić information content (AvgIpc) is 3.31. The van der Waals surface area contributed by atoms with E-state index in [1.807, 2.05) is 31.2 Å². The van der Waals surface area contributed by atoms with Crippen molar-refractivity contribution in [2.24, 2.45) is 0 Å². The Morgan fingerprint density at radius 1 is 1.25 bits per heavy atom. The maximum Gasteiger partial charge on any atom is 0.287 e. The summed E-state index contributed by atoms with van der Waals surface area (Å²) in [6, 6.07) is 12.7. The Kier molecular flexibility index (Phi) is 4.75. The summed E-state index contributed by atoms with van der Waals surface area (Å²) in [5.74, 6) is 1.77. The minimum atomic E-state index is -0.327. The lowest BCUT2D eigenvalue weighted by Crippen LogP contribution is -2.23. The van der Waals surface area contributed by atoms with E-state index in [4.69, 9.17) is 20.8 Å². The molecule has 0 spiro atoms. The molecule has 0 bridgehead atoms. The van der Waals surface area contributed by atoms with Gasteiger partial charge in [0.2, 0.25) is 0 Å². The first-order valence-electron chi connectivity index (χ1n) is 8.57. The van der Waals surface area contributed by atoms with Crippen LogP contribution in [0.1, 0.15) is 21.9 Å². The number of nitrogens with zero attached hydrogens (tertiary/aromatic N) is 2. The quantitative estimate of drug-likeness (QED) is 0.529. The molecule has 2 aromatic carbocycles. The van der Waals surface area contributed by atoms with Gasteiger partial charge in [0.1, 0.15) is 17.2 Å². The van der Waals surface area contributed by atoms with Crippen molar-refractivity contribution in [1.29, 1.82) is 0 Å². The Bertz CT molecular complexity index is 1150. The number of furan rings is 1. The summed E-state index contributed by atoms with van der Waals surface area (Å²) in [7, 11) is 1.61. The van der Waals surface area contributed by atoms with Crippen LogP contribution in [-0.2, 0) is 6.54 Å². The predicted molar refractivity (Wildman–Crippen MR) is 106 cm³/mol. The summed E-state index contributed by atoms with van der Waals surface area (Å²) < 4.78 is 10.8. The number of methoxy groups -OCH3 is 1. The minimum absolute atomic E-state index is 0.194. The molecular weight excluding hydrogens is 380 g/mol. The number of hydrogen-bond donors (Lipinski definition) is 2. The van der Waals surface area contributed by atoms with E-state index in [0.717, 1.165) is 22.3 Å². The highest BCUT2D eigenvalue weighted by atomic mass is 35.5. The van der Waals surface area contributed by atoms with Crippen LogP contribution >= 0.6 is 11.6 Å². The maximum absolute atomic E-state index is 12.5. The van der Waals surface area contributed by atoms with Gasteiger partial charge in [-0.1, -0.05) is 11.6 Å². The van der Waals surface area contributed by atoms with Crippen LogP contribution in [0.5, 0.6) is 5.75 Å². The largest absolute Gasteiger partial charge is 0.497 e. The Labute approximate surface area is 165 Å². The number of hydrogen-bond acceptors (Lipinski definition) is 5. The Balaban J connectivity index is 1.47. The second-order valence-electron chi connectivity index (χ2n) is 6.21. The molecule has 0 unspecified atom stereocenters. The molecule has 0 aliphatic heterocycles. The standard InChI is InChI=1S/C20H17ClN4O3/c1-11-15-9-13(21)5-8-16(15)28-18(11)20(26)22-10-17-23-19(25-24-17)12-3-6-14(27-2)7-4-12/h3-9H,10H2,1-2H3,(H,22,26)(H,23,24,25). The van der Waals surface area contributed by atoms with E-state index < -0.39 is 0 Å². The molecule has 2 N–H and O–H groups in total. The SMILES string of the molecule is COc1ccc(-c2n[nH]c(CNC(=O)c3oc4ccc(Cl)cc4c3C)n2)cc1. The molecule has 0 fully saturated rings. The van der Waals surface area contributed by atoms with Gasteiger partial charge in [0.15, 0.2) is 11.6 Å². The molecular formula is C20H17ClN4O3. The van der Waals surface area contributed by atoms with Gasteiger partial charge in [0, 0.05) is 21.5 Å². The van der Waals surface area contributed by atoms with Gasteiger partial charge in [0.25, 0.3) is 5.91 Å². The molecule has 0 radical (unpaired) electrons. The highest BCUT2D eigenvalue weighted by molar-refractivity contribution is 6.31. The summed E-state index contributed by atoms with van der Waals surface area (Å²) in [5, 5.41) is 11.2. The van der Waals surface area contributed by atoms with Gasteiger partial charge < -0.3 is 14.5 Å². The van der Waals surface area contributed by atoms with Crippen LogP contribution in [-0.4, -0.2) is 28.2 Å². The zero-order valence-corrected chi connectivity index (χ0v) is 16.0. The van der Waals surface area contributed by atoms with E-state index in [0.29, 0.717) is 22.3 Å². The molecule has 0 aliphatic rings. The lowest BCUT2D eigenvalue weighted by atomic mass is 10.1. The molecule has 0 atom stereocenters. The number of aromatic nitrogens is 3. The van der Waals surface area contributed by atoms with E-state index in [-0.39, 0.29) is 18.2 Å². The molecule has 4 rings (SSSR count). The van der Waals surface area contributed by atoms with E-state index in [2.05, 4.69) is 20.5 Å². The maximum atomic E-state index is 12.5. The first kappa shape index (κ1) is 18.1. The second kappa shape index (κ2) is 7.36. The molecule has 0 saturated heterocycles. The van der Waals surface area contributed by atoms with Gasteiger partial charge in [-0.05, 0) is 49.4 Å². The number of benzene rings is 2. The molecule has 0 aliphatic carbocycles.